The van der Waals surface area contributed by atoms with E-state index in [9.17, 15) is 18.8 Å². The number of anilines is 1. The van der Waals surface area contributed by atoms with Crippen molar-refractivity contribution < 1.29 is 13.9 Å². The fraction of sp³-hybridized carbons (Fsp3) is 0.136. The fourth-order valence-corrected chi connectivity index (χ4v) is 2.89. The fourth-order valence-electron chi connectivity index (χ4n) is 2.89. The summed E-state index contributed by atoms with van der Waals surface area (Å²) in [5, 5.41) is 2.39. The average molecular weight is 407 g/mol. The molecule has 152 valence electrons. The molecule has 2 heterocycles. The van der Waals surface area contributed by atoms with Gasteiger partial charge in [0, 0.05) is 29.9 Å². The van der Waals surface area contributed by atoms with Crippen LogP contribution in [-0.4, -0.2) is 15.5 Å². The predicted octanol–water partition coefficient (Wildman–Crippen LogP) is 2.81. The standard InChI is InChI=1S/C22H18FN3O4/c1-4-13-10-14(12-26(3)22(13)29)17-11-18(24-19(27)5-2)25-21(28)20(17)30-16-8-6-15(23)7-9-16/h2,6-12H,4H2,1,3H3,(H2,24,25,27,28). The summed E-state index contributed by atoms with van der Waals surface area (Å²) in [7, 11) is 1.60. The first-order valence-corrected chi connectivity index (χ1v) is 9.00. The highest BCUT2D eigenvalue weighted by Gasteiger charge is 2.17. The van der Waals surface area contributed by atoms with Crippen molar-refractivity contribution in [2.75, 3.05) is 5.32 Å². The van der Waals surface area contributed by atoms with Crippen LogP contribution in [0.25, 0.3) is 11.1 Å². The largest absolute Gasteiger partial charge is 0.451 e. The number of carbonyl (C=O) groups is 1. The number of rotatable bonds is 5. The summed E-state index contributed by atoms with van der Waals surface area (Å²) in [5.74, 6) is 0.939. The Bertz CT molecular complexity index is 1270. The number of benzene rings is 1. The van der Waals surface area contributed by atoms with Gasteiger partial charge in [0.15, 0.2) is 5.75 Å². The van der Waals surface area contributed by atoms with Gasteiger partial charge in [-0.25, -0.2) is 4.39 Å². The minimum absolute atomic E-state index is 0.0660. The zero-order chi connectivity index (χ0) is 21.8. The molecule has 0 saturated heterocycles. The van der Waals surface area contributed by atoms with Crippen LogP contribution in [0.5, 0.6) is 11.5 Å². The highest BCUT2D eigenvalue weighted by atomic mass is 19.1. The molecule has 3 aromatic rings. The molecule has 0 unspecified atom stereocenters. The van der Waals surface area contributed by atoms with Gasteiger partial charge in [0.05, 0.1) is 0 Å². The normalized spacial score (nSPS) is 10.3. The molecule has 3 rings (SSSR count). The topological polar surface area (TPSA) is 93.2 Å². The molecule has 0 aliphatic carbocycles. The van der Waals surface area contributed by atoms with Gasteiger partial charge in [-0.1, -0.05) is 6.92 Å². The predicted molar refractivity (Wildman–Crippen MR) is 111 cm³/mol. The van der Waals surface area contributed by atoms with Gasteiger partial charge < -0.3 is 19.6 Å². The Kier molecular flexibility index (Phi) is 5.83. The van der Waals surface area contributed by atoms with Crippen LogP contribution in [0.15, 0.2) is 52.2 Å². The van der Waals surface area contributed by atoms with Crippen LogP contribution >= 0.6 is 0 Å². The molecule has 1 aromatic carbocycles. The van der Waals surface area contributed by atoms with Crippen molar-refractivity contribution in [3.8, 4) is 35.0 Å². The van der Waals surface area contributed by atoms with Gasteiger partial charge in [-0.3, -0.25) is 14.4 Å². The van der Waals surface area contributed by atoms with E-state index in [-0.39, 0.29) is 22.9 Å². The van der Waals surface area contributed by atoms with Crippen molar-refractivity contribution in [3.05, 3.63) is 74.7 Å². The van der Waals surface area contributed by atoms with Crippen molar-refractivity contribution in [3.63, 3.8) is 0 Å². The third kappa shape index (κ3) is 4.31. The molecule has 2 N–H and O–H groups in total. The molecular formula is C22H18FN3O4. The average Bonchev–Trinajstić information content (AvgIpc) is 2.73. The molecule has 2 aromatic heterocycles. The van der Waals surface area contributed by atoms with E-state index >= 15 is 0 Å². The van der Waals surface area contributed by atoms with Crippen LogP contribution < -0.4 is 21.2 Å². The lowest BCUT2D eigenvalue weighted by atomic mass is 10.0. The van der Waals surface area contributed by atoms with Crippen molar-refractivity contribution in [1.29, 1.82) is 0 Å². The van der Waals surface area contributed by atoms with Crippen LogP contribution in [0, 0.1) is 18.2 Å². The number of nitrogens with zero attached hydrogens (tertiary/aromatic N) is 1. The van der Waals surface area contributed by atoms with Gasteiger partial charge in [-0.2, -0.15) is 0 Å². The van der Waals surface area contributed by atoms with Crippen molar-refractivity contribution >= 4 is 11.7 Å². The number of hydrogen-bond acceptors (Lipinski definition) is 4. The number of nitrogens with one attached hydrogen (secondary N) is 2. The number of hydrogen-bond donors (Lipinski definition) is 2. The van der Waals surface area contributed by atoms with Crippen LogP contribution in [0.1, 0.15) is 12.5 Å². The summed E-state index contributed by atoms with van der Waals surface area (Å²) in [4.78, 5) is 39.1. The van der Waals surface area contributed by atoms with Crippen molar-refractivity contribution in [2.24, 2.45) is 7.05 Å². The van der Waals surface area contributed by atoms with Gasteiger partial charge in [-0.15, -0.1) is 6.42 Å². The first-order chi connectivity index (χ1) is 14.3. The number of H-pyrrole nitrogens is 1. The van der Waals surface area contributed by atoms with E-state index in [0.29, 0.717) is 23.1 Å². The number of carbonyl (C=O) groups excluding carboxylic acids is 1. The van der Waals surface area contributed by atoms with E-state index < -0.39 is 17.3 Å². The SMILES string of the molecule is C#CC(=O)Nc1cc(-c2cc(CC)c(=O)n(C)c2)c(Oc2ccc(F)cc2)c(=O)[nH]1. The molecule has 0 aliphatic rings. The maximum absolute atomic E-state index is 13.2. The second-order valence-electron chi connectivity index (χ2n) is 6.43. The second kappa shape index (κ2) is 8.49. The van der Waals surface area contributed by atoms with Gasteiger partial charge in [-0.05, 0) is 48.7 Å². The zero-order valence-electron chi connectivity index (χ0n) is 16.3. The molecule has 0 fully saturated rings. The number of aryl methyl sites for hydroxylation is 2. The van der Waals surface area contributed by atoms with Crippen LogP contribution in [-0.2, 0) is 18.3 Å². The van der Waals surface area contributed by atoms with Crippen LogP contribution in [0.3, 0.4) is 0 Å². The Balaban J connectivity index is 2.21. The number of terminal acetylenes is 1. The number of halogens is 1. The maximum atomic E-state index is 13.2. The third-order valence-corrected chi connectivity index (χ3v) is 4.35. The van der Waals surface area contributed by atoms with E-state index in [2.05, 4.69) is 10.3 Å². The number of pyridine rings is 2. The molecule has 0 saturated carbocycles. The highest BCUT2D eigenvalue weighted by molar-refractivity contribution is 6.03. The first kappa shape index (κ1) is 20.6. The third-order valence-electron chi connectivity index (χ3n) is 4.35. The summed E-state index contributed by atoms with van der Waals surface area (Å²) >= 11 is 0. The molecule has 30 heavy (non-hydrogen) atoms. The number of ether oxygens (including phenoxy) is 1. The lowest BCUT2D eigenvalue weighted by Gasteiger charge is -2.14. The van der Waals surface area contributed by atoms with Crippen molar-refractivity contribution in [1.82, 2.24) is 9.55 Å². The van der Waals surface area contributed by atoms with E-state index in [4.69, 9.17) is 11.2 Å². The summed E-state index contributed by atoms with van der Waals surface area (Å²) in [6.07, 6.45) is 7.12. The number of amides is 1. The molecule has 0 radical (unpaired) electrons. The minimum Gasteiger partial charge on any atom is -0.451 e. The summed E-state index contributed by atoms with van der Waals surface area (Å²) in [6.45, 7) is 1.84. The maximum Gasteiger partial charge on any atom is 0.301 e. The first-order valence-electron chi connectivity index (χ1n) is 9.00. The number of aromatic nitrogens is 2. The van der Waals surface area contributed by atoms with Crippen molar-refractivity contribution in [2.45, 2.75) is 13.3 Å². The van der Waals surface area contributed by atoms with Gasteiger partial charge in [0.2, 0.25) is 0 Å². The molecule has 8 heteroatoms. The number of aromatic amines is 1. The Labute approximate surface area is 171 Å². The highest BCUT2D eigenvalue weighted by Crippen LogP contribution is 2.32. The lowest BCUT2D eigenvalue weighted by molar-refractivity contribution is -0.111. The zero-order valence-corrected chi connectivity index (χ0v) is 16.3. The van der Waals surface area contributed by atoms with E-state index in [1.165, 1.54) is 34.9 Å². The second-order valence-corrected chi connectivity index (χ2v) is 6.43. The Hall–Kier alpha value is -4.12. The quantitative estimate of drug-likeness (QED) is 0.636. The molecule has 7 nitrogen and oxygen atoms in total. The molecule has 0 bridgehead atoms. The summed E-state index contributed by atoms with van der Waals surface area (Å²) < 4.78 is 20.3. The van der Waals surface area contributed by atoms with Gasteiger partial charge in [0.25, 0.3) is 11.1 Å². The minimum atomic E-state index is -0.737. The Morgan fingerprint density at radius 1 is 1.27 bits per heavy atom. The van der Waals surface area contributed by atoms with Gasteiger partial charge in [0.1, 0.15) is 17.4 Å². The molecule has 1 amide bonds. The van der Waals surface area contributed by atoms with E-state index in [1.807, 2.05) is 12.8 Å². The Morgan fingerprint density at radius 3 is 2.60 bits per heavy atom. The van der Waals surface area contributed by atoms with E-state index in [1.54, 1.807) is 19.3 Å². The smallest absolute Gasteiger partial charge is 0.301 e. The molecule has 0 aliphatic heterocycles. The van der Waals surface area contributed by atoms with Gasteiger partial charge >= 0.3 is 5.91 Å². The molecule has 0 atom stereocenters. The molecule has 0 spiro atoms. The summed E-state index contributed by atoms with van der Waals surface area (Å²) in [5.41, 5.74) is 0.579. The van der Waals surface area contributed by atoms with Crippen LogP contribution in [0.2, 0.25) is 0 Å². The monoisotopic (exact) mass is 407 g/mol. The lowest BCUT2D eigenvalue weighted by Crippen LogP contribution is -2.21. The van der Waals surface area contributed by atoms with E-state index in [0.717, 1.165) is 0 Å². The van der Waals surface area contributed by atoms with Crippen LogP contribution in [0.4, 0.5) is 10.2 Å². The summed E-state index contributed by atoms with van der Waals surface area (Å²) in [6, 6.07) is 8.30. The molecular weight excluding hydrogens is 389 g/mol. The Morgan fingerprint density at radius 2 is 1.97 bits per heavy atom.